The van der Waals surface area contributed by atoms with Gasteiger partial charge in [0, 0.05) is 22.2 Å². The summed E-state index contributed by atoms with van der Waals surface area (Å²) in [4.78, 5) is 29.9. The number of nitrogens with zero attached hydrogens (tertiary/aromatic N) is 3. The molecule has 158 valence electrons. The molecule has 2 heterocycles. The summed E-state index contributed by atoms with van der Waals surface area (Å²) in [5.41, 5.74) is 2.74. The van der Waals surface area contributed by atoms with Crippen LogP contribution in [0.15, 0.2) is 59.4 Å². The summed E-state index contributed by atoms with van der Waals surface area (Å²) in [6, 6.07) is 16.2. The van der Waals surface area contributed by atoms with Gasteiger partial charge in [-0.2, -0.15) is 9.61 Å². The first-order valence-corrected chi connectivity index (χ1v) is 10.9. The van der Waals surface area contributed by atoms with Gasteiger partial charge in [0.25, 0.3) is 11.5 Å². The molecule has 0 unspecified atom stereocenters. The average Bonchev–Trinajstić information content (AvgIpc) is 3.16. The Morgan fingerprint density at radius 2 is 1.87 bits per heavy atom. The third-order valence-corrected chi connectivity index (χ3v) is 6.01. The lowest BCUT2D eigenvalue weighted by Crippen LogP contribution is -2.25. The molecule has 0 aliphatic carbocycles. The van der Waals surface area contributed by atoms with Crippen molar-refractivity contribution >= 4 is 33.8 Å². The van der Waals surface area contributed by atoms with E-state index in [0.717, 1.165) is 11.1 Å². The molecule has 1 amide bonds. The van der Waals surface area contributed by atoms with Crippen LogP contribution in [0.4, 0.5) is 0 Å². The monoisotopic (exact) mass is 452 g/mol. The van der Waals surface area contributed by atoms with Crippen molar-refractivity contribution in [2.45, 2.75) is 32.7 Å². The molecule has 0 bridgehead atoms. The van der Waals surface area contributed by atoms with Gasteiger partial charge in [-0.05, 0) is 35.2 Å². The highest BCUT2D eigenvalue weighted by atomic mass is 35.5. The van der Waals surface area contributed by atoms with Gasteiger partial charge in [-0.25, -0.2) is 4.98 Å². The maximum absolute atomic E-state index is 12.5. The summed E-state index contributed by atoms with van der Waals surface area (Å²) < 4.78 is 1.26. The van der Waals surface area contributed by atoms with Crippen LogP contribution in [0.1, 0.15) is 42.4 Å². The van der Waals surface area contributed by atoms with E-state index in [4.69, 9.17) is 11.6 Å². The van der Waals surface area contributed by atoms with Crippen LogP contribution in [0.3, 0.4) is 0 Å². The number of fused-ring (bicyclic) bond motifs is 1. The fourth-order valence-corrected chi connectivity index (χ4v) is 4.19. The van der Waals surface area contributed by atoms with Crippen molar-refractivity contribution in [3.05, 3.63) is 86.8 Å². The highest BCUT2D eigenvalue weighted by Gasteiger charge is 2.15. The van der Waals surface area contributed by atoms with E-state index in [1.807, 2.05) is 36.4 Å². The van der Waals surface area contributed by atoms with Crippen molar-refractivity contribution in [1.29, 1.82) is 0 Å². The molecule has 2 aromatic carbocycles. The maximum Gasteiger partial charge on any atom is 0.275 e. The average molecular weight is 453 g/mol. The van der Waals surface area contributed by atoms with Gasteiger partial charge in [0.1, 0.15) is 5.01 Å². The molecule has 4 rings (SSSR count). The van der Waals surface area contributed by atoms with Gasteiger partial charge < -0.3 is 5.32 Å². The number of aromatic nitrogens is 3. The topological polar surface area (TPSA) is 76.4 Å². The van der Waals surface area contributed by atoms with Crippen molar-refractivity contribution in [3.8, 4) is 10.6 Å². The van der Waals surface area contributed by atoms with Crippen molar-refractivity contribution in [1.82, 2.24) is 19.9 Å². The minimum absolute atomic E-state index is 0.0230. The zero-order chi connectivity index (χ0) is 22.2. The molecule has 0 aliphatic rings. The Hall–Kier alpha value is -3.03. The number of carbonyl (C=O) groups is 1. The summed E-state index contributed by atoms with van der Waals surface area (Å²) in [5, 5.41) is 8.42. The minimum atomic E-state index is -0.298. The number of rotatable bonds is 4. The first kappa shape index (κ1) is 21.2. The Kier molecular flexibility index (Phi) is 5.64. The fourth-order valence-electron chi connectivity index (χ4n) is 3.08. The van der Waals surface area contributed by atoms with Crippen LogP contribution >= 0.6 is 22.9 Å². The maximum atomic E-state index is 12.5. The molecule has 0 saturated heterocycles. The van der Waals surface area contributed by atoms with Crippen molar-refractivity contribution in [2.24, 2.45) is 0 Å². The normalized spacial score (nSPS) is 11.6. The van der Waals surface area contributed by atoms with Crippen LogP contribution in [0.2, 0.25) is 5.02 Å². The van der Waals surface area contributed by atoms with E-state index in [2.05, 4.69) is 36.2 Å². The van der Waals surface area contributed by atoms with Crippen molar-refractivity contribution < 1.29 is 4.79 Å². The molecule has 8 heteroatoms. The van der Waals surface area contributed by atoms with E-state index in [1.54, 1.807) is 12.1 Å². The molecule has 4 aromatic rings. The SMILES string of the molecule is CC(C)(C)c1ccc(C(=O)NCc2cc(=O)n3nc(-c4cccc(Cl)c4)sc3n2)cc1. The van der Waals surface area contributed by atoms with Crippen molar-refractivity contribution in [2.75, 3.05) is 0 Å². The molecule has 31 heavy (non-hydrogen) atoms. The Bertz CT molecular complexity index is 1320. The second kappa shape index (κ2) is 8.24. The zero-order valence-corrected chi connectivity index (χ0v) is 18.9. The molecular weight excluding hydrogens is 432 g/mol. The number of carbonyl (C=O) groups excluding carboxylic acids is 1. The van der Waals surface area contributed by atoms with Crippen LogP contribution in [-0.4, -0.2) is 20.5 Å². The van der Waals surface area contributed by atoms with Gasteiger partial charge in [0.05, 0.1) is 12.2 Å². The molecule has 6 nitrogen and oxygen atoms in total. The molecule has 0 fully saturated rings. The smallest absolute Gasteiger partial charge is 0.275 e. The number of benzene rings is 2. The number of halogens is 1. The quantitative estimate of drug-likeness (QED) is 0.487. The second-order valence-electron chi connectivity index (χ2n) is 8.21. The molecular formula is C23H21ClN4O2S. The van der Waals surface area contributed by atoms with Gasteiger partial charge in [-0.1, -0.05) is 68.0 Å². The third kappa shape index (κ3) is 4.68. The Morgan fingerprint density at radius 3 is 2.55 bits per heavy atom. The first-order chi connectivity index (χ1) is 14.7. The first-order valence-electron chi connectivity index (χ1n) is 9.75. The summed E-state index contributed by atoms with van der Waals surface area (Å²) >= 11 is 7.35. The van der Waals surface area contributed by atoms with Crippen LogP contribution in [0.5, 0.6) is 0 Å². The molecule has 1 N–H and O–H groups in total. The highest BCUT2D eigenvalue weighted by Crippen LogP contribution is 2.26. The molecule has 0 spiro atoms. The molecule has 0 saturated carbocycles. The summed E-state index contributed by atoms with van der Waals surface area (Å²) in [6.07, 6.45) is 0. The van der Waals surface area contributed by atoms with Gasteiger partial charge >= 0.3 is 0 Å². The van der Waals surface area contributed by atoms with Gasteiger partial charge in [-0.15, -0.1) is 0 Å². The third-order valence-electron chi connectivity index (χ3n) is 4.81. The standard InChI is InChI=1S/C23H21ClN4O2S/c1-23(2,3)16-9-7-14(8-10-16)20(30)25-13-18-12-19(29)28-22(26-18)31-21(27-28)15-5-4-6-17(24)11-15/h4-12H,13H2,1-3H3,(H,25,30). The molecule has 0 atom stereocenters. The van der Waals surface area contributed by atoms with Gasteiger partial charge in [0.15, 0.2) is 0 Å². The van der Waals surface area contributed by atoms with E-state index in [1.165, 1.54) is 21.9 Å². The van der Waals surface area contributed by atoms with Gasteiger partial charge in [0.2, 0.25) is 4.96 Å². The number of amides is 1. The van der Waals surface area contributed by atoms with E-state index in [9.17, 15) is 9.59 Å². The molecule has 0 radical (unpaired) electrons. The summed E-state index contributed by atoms with van der Waals surface area (Å²) in [5.74, 6) is -0.216. The fraction of sp³-hybridized carbons (Fsp3) is 0.217. The predicted molar refractivity (Wildman–Crippen MR) is 124 cm³/mol. The lowest BCUT2D eigenvalue weighted by molar-refractivity contribution is 0.0950. The van der Waals surface area contributed by atoms with E-state index in [-0.39, 0.29) is 23.4 Å². The number of hydrogen-bond acceptors (Lipinski definition) is 5. The van der Waals surface area contributed by atoms with E-state index >= 15 is 0 Å². The zero-order valence-electron chi connectivity index (χ0n) is 17.3. The van der Waals surface area contributed by atoms with Crippen LogP contribution in [0, 0.1) is 0 Å². The van der Waals surface area contributed by atoms with E-state index < -0.39 is 0 Å². The molecule has 2 aromatic heterocycles. The van der Waals surface area contributed by atoms with Crippen molar-refractivity contribution in [3.63, 3.8) is 0 Å². The summed E-state index contributed by atoms with van der Waals surface area (Å²) in [7, 11) is 0. The summed E-state index contributed by atoms with van der Waals surface area (Å²) in [6.45, 7) is 6.52. The predicted octanol–water partition coefficient (Wildman–Crippen LogP) is 4.70. The van der Waals surface area contributed by atoms with Crippen LogP contribution < -0.4 is 10.9 Å². The highest BCUT2D eigenvalue weighted by molar-refractivity contribution is 7.19. The second-order valence-corrected chi connectivity index (χ2v) is 9.60. The molecule has 0 aliphatic heterocycles. The van der Waals surface area contributed by atoms with E-state index in [0.29, 0.717) is 26.2 Å². The van der Waals surface area contributed by atoms with Gasteiger partial charge in [-0.3, -0.25) is 9.59 Å². The Labute approximate surface area is 188 Å². The Morgan fingerprint density at radius 1 is 1.13 bits per heavy atom. The van der Waals surface area contributed by atoms with Crippen LogP contribution in [-0.2, 0) is 12.0 Å². The largest absolute Gasteiger partial charge is 0.346 e. The Balaban J connectivity index is 1.52. The number of nitrogens with one attached hydrogen (secondary N) is 1. The lowest BCUT2D eigenvalue weighted by Gasteiger charge is -2.19. The minimum Gasteiger partial charge on any atom is -0.346 e. The lowest BCUT2D eigenvalue weighted by atomic mass is 9.87. The van der Waals surface area contributed by atoms with Crippen LogP contribution in [0.25, 0.3) is 15.5 Å². The number of hydrogen-bond donors (Lipinski definition) is 1.